The average Bonchev–Trinajstić information content (AvgIpc) is 2.26. The number of rotatable bonds is 6. The molecule has 0 aromatic heterocycles. The van der Waals surface area contributed by atoms with Crippen molar-refractivity contribution in [1.82, 2.24) is 5.32 Å². The third-order valence-electron chi connectivity index (χ3n) is 2.46. The van der Waals surface area contributed by atoms with Gasteiger partial charge < -0.3 is 5.32 Å². The van der Waals surface area contributed by atoms with Crippen LogP contribution in [0, 0.1) is 6.92 Å². The lowest BCUT2D eigenvalue weighted by atomic mass is 10.2. The average molecular weight is 223 g/mol. The van der Waals surface area contributed by atoms with Gasteiger partial charge in [-0.25, -0.2) is 0 Å². The van der Waals surface area contributed by atoms with Gasteiger partial charge in [0.05, 0.1) is 0 Å². The monoisotopic (exact) mass is 223 g/mol. The van der Waals surface area contributed by atoms with Gasteiger partial charge in [0.2, 0.25) is 0 Å². The topological polar surface area (TPSA) is 12.0 Å². The first kappa shape index (κ1) is 12.6. The van der Waals surface area contributed by atoms with Crippen molar-refractivity contribution in [3.05, 3.63) is 29.8 Å². The van der Waals surface area contributed by atoms with E-state index in [4.69, 9.17) is 0 Å². The summed E-state index contributed by atoms with van der Waals surface area (Å²) in [6.07, 6.45) is 1.20. The molecule has 84 valence electrons. The Morgan fingerprint density at radius 1 is 1.20 bits per heavy atom. The highest BCUT2D eigenvalue weighted by Gasteiger charge is 2.04. The third-order valence-corrected chi connectivity index (χ3v) is 3.63. The van der Waals surface area contributed by atoms with Crippen LogP contribution in [0.25, 0.3) is 0 Å². The van der Waals surface area contributed by atoms with Crippen molar-refractivity contribution in [3.8, 4) is 0 Å². The number of thioether (sulfide) groups is 1. The number of aryl methyl sites for hydroxylation is 1. The molecule has 0 saturated carbocycles. The van der Waals surface area contributed by atoms with Crippen LogP contribution in [0.3, 0.4) is 0 Å². The Morgan fingerprint density at radius 2 is 1.87 bits per heavy atom. The first-order chi connectivity index (χ1) is 7.26. The number of hydrogen-bond donors (Lipinski definition) is 1. The summed E-state index contributed by atoms with van der Waals surface area (Å²) in [6.45, 7) is 7.59. The van der Waals surface area contributed by atoms with Crippen molar-refractivity contribution in [2.45, 2.75) is 38.1 Å². The van der Waals surface area contributed by atoms with Crippen LogP contribution in [0.15, 0.2) is 29.2 Å². The molecule has 0 spiro atoms. The van der Waals surface area contributed by atoms with E-state index in [9.17, 15) is 0 Å². The second-order valence-corrected chi connectivity index (χ2v) is 4.88. The molecule has 1 N–H and O–H groups in total. The lowest BCUT2D eigenvalue weighted by Crippen LogP contribution is -2.30. The van der Waals surface area contributed by atoms with E-state index < -0.39 is 0 Å². The summed E-state index contributed by atoms with van der Waals surface area (Å²) in [7, 11) is 0. The number of hydrogen-bond acceptors (Lipinski definition) is 2. The molecule has 15 heavy (non-hydrogen) atoms. The fourth-order valence-corrected chi connectivity index (χ4v) is 2.52. The Morgan fingerprint density at radius 3 is 2.40 bits per heavy atom. The van der Waals surface area contributed by atoms with Crippen molar-refractivity contribution in [1.29, 1.82) is 0 Å². The molecule has 0 aliphatic heterocycles. The molecule has 1 atom stereocenters. The molecule has 1 rings (SSSR count). The van der Waals surface area contributed by atoms with Gasteiger partial charge in [-0.15, -0.1) is 11.8 Å². The smallest absolute Gasteiger partial charge is 0.0158 e. The Labute approximate surface area is 97.7 Å². The Balaban J connectivity index is 2.38. The highest BCUT2D eigenvalue weighted by atomic mass is 32.2. The van der Waals surface area contributed by atoms with Crippen LogP contribution >= 0.6 is 11.8 Å². The minimum Gasteiger partial charge on any atom is -0.313 e. The van der Waals surface area contributed by atoms with Gasteiger partial charge in [0, 0.05) is 16.7 Å². The first-order valence-electron chi connectivity index (χ1n) is 5.69. The number of nitrogens with one attached hydrogen (secondary N) is 1. The summed E-state index contributed by atoms with van der Waals surface area (Å²) in [5.41, 5.74) is 1.33. The van der Waals surface area contributed by atoms with Crippen LogP contribution in [-0.2, 0) is 0 Å². The van der Waals surface area contributed by atoms with Gasteiger partial charge in [-0.3, -0.25) is 0 Å². The zero-order valence-electron chi connectivity index (χ0n) is 9.92. The highest BCUT2D eigenvalue weighted by molar-refractivity contribution is 7.99. The van der Waals surface area contributed by atoms with Gasteiger partial charge in [-0.1, -0.05) is 31.5 Å². The van der Waals surface area contributed by atoms with Crippen molar-refractivity contribution in [3.63, 3.8) is 0 Å². The van der Waals surface area contributed by atoms with E-state index in [0.717, 1.165) is 12.3 Å². The first-order valence-corrected chi connectivity index (χ1v) is 6.67. The Hall–Kier alpha value is -0.470. The van der Waals surface area contributed by atoms with Gasteiger partial charge in [-0.2, -0.15) is 0 Å². The zero-order chi connectivity index (χ0) is 11.1. The lowest BCUT2D eigenvalue weighted by molar-refractivity contribution is 0.560. The van der Waals surface area contributed by atoms with Crippen LogP contribution in [0.2, 0.25) is 0 Å². The van der Waals surface area contributed by atoms with Crippen molar-refractivity contribution in [2.75, 3.05) is 12.3 Å². The fourth-order valence-electron chi connectivity index (χ4n) is 1.44. The van der Waals surface area contributed by atoms with E-state index in [0.29, 0.717) is 6.04 Å². The zero-order valence-corrected chi connectivity index (χ0v) is 10.7. The molecule has 1 aromatic rings. The highest BCUT2D eigenvalue weighted by Crippen LogP contribution is 2.19. The maximum atomic E-state index is 3.49. The molecule has 0 heterocycles. The molecule has 1 aromatic carbocycles. The molecule has 2 heteroatoms. The predicted octanol–water partition coefficient (Wildman–Crippen LogP) is 3.48. The molecule has 0 saturated heterocycles. The maximum absolute atomic E-state index is 3.49. The van der Waals surface area contributed by atoms with Crippen LogP contribution in [-0.4, -0.2) is 18.3 Å². The third kappa shape index (κ3) is 4.72. The molecule has 1 unspecified atom stereocenters. The lowest BCUT2D eigenvalue weighted by Gasteiger charge is -2.14. The van der Waals surface area contributed by atoms with Crippen LogP contribution < -0.4 is 5.32 Å². The van der Waals surface area contributed by atoms with Gasteiger partial charge in [0.15, 0.2) is 0 Å². The van der Waals surface area contributed by atoms with E-state index in [1.165, 1.54) is 16.9 Å². The molecule has 0 aliphatic rings. The van der Waals surface area contributed by atoms with Gasteiger partial charge >= 0.3 is 0 Å². The molecule has 0 fully saturated rings. The van der Waals surface area contributed by atoms with Crippen molar-refractivity contribution in [2.24, 2.45) is 0 Å². The minimum atomic E-state index is 0.640. The molecular weight excluding hydrogens is 202 g/mol. The van der Waals surface area contributed by atoms with E-state index in [-0.39, 0.29) is 0 Å². The maximum Gasteiger partial charge on any atom is 0.0158 e. The molecule has 0 amide bonds. The summed E-state index contributed by atoms with van der Waals surface area (Å²) >= 11 is 1.94. The van der Waals surface area contributed by atoms with E-state index in [2.05, 4.69) is 50.4 Å². The predicted molar refractivity (Wildman–Crippen MR) is 69.7 cm³/mol. The summed E-state index contributed by atoms with van der Waals surface area (Å²) in [6, 6.07) is 9.41. The fraction of sp³-hybridized carbons (Fsp3) is 0.538. The molecule has 0 radical (unpaired) electrons. The van der Waals surface area contributed by atoms with Gasteiger partial charge in [-0.05, 0) is 32.0 Å². The standard InChI is InChI=1S/C13H21NS/c1-4-12(14-5-2)10-15-13-8-6-11(3)7-9-13/h6-9,12,14H,4-5,10H2,1-3H3. The van der Waals surface area contributed by atoms with E-state index in [1.54, 1.807) is 0 Å². The largest absolute Gasteiger partial charge is 0.313 e. The quantitative estimate of drug-likeness (QED) is 0.741. The second kappa shape index (κ2) is 6.91. The normalized spacial score (nSPS) is 12.7. The number of benzene rings is 1. The summed E-state index contributed by atoms with van der Waals surface area (Å²) < 4.78 is 0. The summed E-state index contributed by atoms with van der Waals surface area (Å²) in [5, 5.41) is 3.49. The Bertz CT molecular complexity index is 268. The summed E-state index contributed by atoms with van der Waals surface area (Å²) in [4.78, 5) is 1.37. The minimum absolute atomic E-state index is 0.640. The molecule has 0 bridgehead atoms. The van der Waals surface area contributed by atoms with Crippen molar-refractivity contribution < 1.29 is 0 Å². The molecule has 0 aliphatic carbocycles. The van der Waals surface area contributed by atoms with E-state index >= 15 is 0 Å². The SMILES string of the molecule is CCNC(CC)CSc1ccc(C)cc1. The molecule has 1 nitrogen and oxygen atoms in total. The molecular formula is C13H21NS. The van der Waals surface area contributed by atoms with Gasteiger partial charge in [0.25, 0.3) is 0 Å². The van der Waals surface area contributed by atoms with Crippen LogP contribution in [0.5, 0.6) is 0 Å². The van der Waals surface area contributed by atoms with E-state index in [1.807, 2.05) is 11.8 Å². The second-order valence-electron chi connectivity index (χ2n) is 3.79. The summed E-state index contributed by atoms with van der Waals surface area (Å²) in [5.74, 6) is 1.16. The Kier molecular flexibility index (Phi) is 5.81. The van der Waals surface area contributed by atoms with Gasteiger partial charge in [0.1, 0.15) is 0 Å². The van der Waals surface area contributed by atoms with Crippen LogP contribution in [0.1, 0.15) is 25.8 Å². The van der Waals surface area contributed by atoms with Crippen LogP contribution in [0.4, 0.5) is 0 Å². The van der Waals surface area contributed by atoms with Crippen molar-refractivity contribution >= 4 is 11.8 Å².